The third kappa shape index (κ3) is 3.29. The number of halogens is 1. The van der Waals surface area contributed by atoms with Crippen LogP contribution in [-0.4, -0.2) is 12.6 Å². The number of aryl methyl sites for hydroxylation is 1. The molecular formula is C13H21FN2. The van der Waals surface area contributed by atoms with Crippen LogP contribution in [0, 0.1) is 18.7 Å². The van der Waals surface area contributed by atoms with Crippen molar-refractivity contribution < 1.29 is 4.39 Å². The number of nitrogens with one attached hydrogen (secondary N) is 1. The lowest BCUT2D eigenvalue weighted by molar-refractivity contribution is 0.401. The summed E-state index contributed by atoms with van der Waals surface area (Å²) in [6.45, 7) is 7.11. The second kappa shape index (κ2) is 5.97. The van der Waals surface area contributed by atoms with Gasteiger partial charge in [-0.15, -0.1) is 0 Å². The molecule has 0 bridgehead atoms. The zero-order valence-electron chi connectivity index (χ0n) is 10.3. The second-order valence-electron chi connectivity index (χ2n) is 4.52. The van der Waals surface area contributed by atoms with Gasteiger partial charge >= 0.3 is 0 Å². The van der Waals surface area contributed by atoms with Crippen LogP contribution in [0.25, 0.3) is 0 Å². The Morgan fingerprint density at radius 1 is 1.38 bits per heavy atom. The van der Waals surface area contributed by atoms with Crippen LogP contribution in [0.1, 0.15) is 25.0 Å². The minimum atomic E-state index is -0.116. The molecule has 1 aromatic rings. The maximum absolute atomic E-state index is 13.7. The molecule has 0 fully saturated rings. The smallest absolute Gasteiger partial charge is 0.130 e. The van der Waals surface area contributed by atoms with Crippen LogP contribution in [0.3, 0.4) is 0 Å². The molecule has 1 atom stereocenters. The van der Waals surface area contributed by atoms with Gasteiger partial charge in [0.15, 0.2) is 0 Å². The SMILES string of the molecule is Cc1cccc(CNC(CN)C(C)C)c1F. The minimum absolute atomic E-state index is 0.116. The molecule has 90 valence electrons. The van der Waals surface area contributed by atoms with Crippen molar-refractivity contribution in [3.63, 3.8) is 0 Å². The molecule has 16 heavy (non-hydrogen) atoms. The summed E-state index contributed by atoms with van der Waals surface area (Å²) < 4.78 is 13.7. The van der Waals surface area contributed by atoms with Crippen molar-refractivity contribution in [3.8, 4) is 0 Å². The predicted octanol–water partition coefficient (Wildman–Crippen LogP) is 2.21. The standard InChI is InChI=1S/C13H21FN2/c1-9(2)12(7-15)16-8-11-6-4-5-10(3)13(11)14/h4-6,9,12,16H,7-8,15H2,1-3H3. The van der Waals surface area contributed by atoms with Gasteiger partial charge in [0.1, 0.15) is 5.82 Å². The van der Waals surface area contributed by atoms with E-state index in [0.717, 1.165) is 0 Å². The number of hydrogen-bond donors (Lipinski definition) is 2. The lowest BCUT2D eigenvalue weighted by Crippen LogP contribution is -2.39. The largest absolute Gasteiger partial charge is 0.329 e. The highest BCUT2D eigenvalue weighted by Crippen LogP contribution is 2.12. The molecule has 0 radical (unpaired) electrons. The molecule has 0 saturated carbocycles. The molecule has 0 aromatic heterocycles. The van der Waals surface area contributed by atoms with Crippen LogP contribution < -0.4 is 11.1 Å². The van der Waals surface area contributed by atoms with E-state index in [9.17, 15) is 4.39 Å². The van der Waals surface area contributed by atoms with Crippen LogP contribution in [0.4, 0.5) is 4.39 Å². The molecule has 0 saturated heterocycles. The van der Waals surface area contributed by atoms with Gasteiger partial charge in [0, 0.05) is 24.7 Å². The van der Waals surface area contributed by atoms with Gasteiger partial charge in [-0.2, -0.15) is 0 Å². The average Bonchev–Trinajstić information content (AvgIpc) is 2.24. The van der Waals surface area contributed by atoms with Crippen molar-refractivity contribution in [1.29, 1.82) is 0 Å². The Bertz CT molecular complexity index is 337. The maximum Gasteiger partial charge on any atom is 0.130 e. The van der Waals surface area contributed by atoms with Crippen LogP contribution in [0.2, 0.25) is 0 Å². The van der Waals surface area contributed by atoms with E-state index in [1.807, 2.05) is 12.1 Å². The van der Waals surface area contributed by atoms with Crippen LogP contribution in [0.5, 0.6) is 0 Å². The van der Waals surface area contributed by atoms with Gasteiger partial charge in [-0.1, -0.05) is 32.0 Å². The molecule has 3 heteroatoms. The van der Waals surface area contributed by atoms with E-state index in [1.54, 1.807) is 13.0 Å². The highest BCUT2D eigenvalue weighted by atomic mass is 19.1. The van der Waals surface area contributed by atoms with E-state index in [1.165, 1.54) is 0 Å². The van der Waals surface area contributed by atoms with Crippen molar-refractivity contribution in [2.45, 2.75) is 33.4 Å². The number of benzene rings is 1. The lowest BCUT2D eigenvalue weighted by atomic mass is 10.0. The van der Waals surface area contributed by atoms with Crippen molar-refractivity contribution in [3.05, 3.63) is 35.1 Å². The van der Waals surface area contributed by atoms with Crippen LogP contribution >= 0.6 is 0 Å². The Morgan fingerprint density at radius 3 is 2.62 bits per heavy atom. The fourth-order valence-electron chi connectivity index (χ4n) is 1.68. The molecule has 3 N–H and O–H groups in total. The summed E-state index contributed by atoms with van der Waals surface area (Å²) in [6, 6.07) is 5.70. The van der Waals surface area contributed by atoms with Crippen molar-refractivity contribution in [2.24, 2.45) is 11.7 Å². The van der Waals surface area contributed by atoms with Crippen molar-refractivity contribution in [1.82, 2.24) is 5.32 Å². The van der Waals surface area contributed by atoms with E-state index >= 15 is 0 Å². The number of nitrogens with two attached hydrogens (primary N) is 1. The van der Waals surface area contributed by atoms with E-state index in [0.29, 0.717) is 30.1 Å². The molecule has 0 aliphatic carbocycles. The van der Waals surface area contributed by atoms with Gasteiger partial charge in [0.25, 0.3) is 0 Å². The molecule has 2 nitrogen and oxygen atoms in total. The van der Waals surface area contributed by atoms with Gasteiger partial charge in [0.05, 0.1) is 0 Å². The molecular weight excluding hydrogens is 203 g/mol. The topological polar surface area (TPSA) is 38.0 Å². The first kappa shape index (κ1) is 13.1. The van der Waals surface area contributed by atoms with Gasteiger partial charge in [-0.3, -0.25) is 0 Å². The fraction of sp³-hybridized carbons (Fsp3) is 0.538. The highest BCUT2D eigenvalue weighted by molar-refractivity contribution is 5.24. The van der Waals surface area contributed by atoms with E-state index in [2.05, 4.69) is 19.2 Å². The van der Waals surface area contributed by atoms with E-state index in [-0.39, 0.29) is 11.9 Å². The third-order valence-electron chi connectivity index (χ3n) is 2.89. The van der Waals surface area contributed by atoms with Crippen molar-refractivity contribution in [2.75, 3.05) is 6.54 Å². The Balaban J connectivity index is 2.64. The van der Waals surface area contributed by atoms with Crippen molar-refractivity contribution >= 4 is 0 Å². The van der Waals surface area contributed by atoms with Gasteiger partial charge < -0.3 is 11.1 Å². The molecule has 1 rings (SSSR count). The summed E-state index contributed by atoms with van der Waals surface area (Å²) in [7, 11) is 0. The normalized spacial score (nSPS) is 13.1. The van der Waals surface area contributed by atoms with Crippen LogP contribution in [0.15, 0.2) is 18.2 Å². The Labute approximate surface area is 97.0 Å². The first-order valence-electron chi connectivity index (χ1n) is 5.73. The lowest BCUT2D eigenvalue weighted by Gasteiger charge is -2.20. The monoisotopic (exact) mass is 224 g/mol. The summed E-state index contributed by atoms with van der Waals surface area (Å²) in [5, 5.41) is 3.29. The molecule has 0 aliphatic rings. The summed E-state index contributed by atoms with van der Waals surface area (Å²) in [5.41, 5.74) is 7.05. The van der Waals surface area contributed by atoms with Gasteiger partial charge in [-0.05, 0) is 18.4 Å². The predicted molar refractivity (Wildman–Crippen MR) is 65.7 cm³/mol. The Hall–Kier alpha value is -0.930. The number of hydrogen-bond acceptors (Lipinski definition) is 2. The summed E-state index contributed by atoms with van der Waals surface area (Å²) in [6.07, 6.45) is 0. The second-order valence-corrected chi connectivity index (χ2v) is 4.52. The third-order valence-corrected chi connectivity index (χ3v) is 2.89. The molecule has 0 amide bonds. The zero-order chi connectivity index (χ0) is 12.1. The summed E-state index contributed by atoms with van der Waals surface area (Å²) >= 11 is 0. The average molecular weight is 224 g/mol. The first-order valence-corrected chi connectivity index (χ1v) is 5.73. The molecule has 1 aromatic carbocycles. The molecule has 0 heterocycles. The van der Waals surface area contributed by atoms with Gasteiger partial charge in [-0.25, -0.2) is 4.39 Å². The van der Waals surface area contributed by atoms with Crippen LogP contribution in [-0.2, 0) is 6.54 Å². The van der Waals surface area contributed by atoms with Gasteiger partial charge in [0.2, 0.25) is 0 Å². The highest BCUT2D eigenvalue weighted by Gasteiger charge is 2.11. The minimum Gasteiger partial charge on any atom is -0.329 e. The summed E-state index contributed by atoms with van der Waals surface area (Å²) in [4.78, 5) is 0. The molecule has 1 unspecified atom stereocenters. The first-order chi connectivity index (χ1) is 7.56. The molecule has 0 aliphatic heterocycles. The van der Waals surface area contributed by atoms with E-state index < -0.39 is 0 Å². The number of rotatable bonds is 5. The Kier molecular flexibility index (Phi) is 4.90. The van der Waals surface area contributed by atoms with E-state index in [4.69, 9.17) is 5.73 Å². The molecule has 0 spiro atoms. The maximum atomic E-state index is 13.7. The quantitative estimate of drug-likeness (QED) is 0.804. The zero-order valence-corrected chi connectivity index (χ0v) is 10.3. The Morgan fingerprint density at radius 2 is 2.06 bits per heavy atom. The fourth-order valence-corrected chi connectivity index (χ4v) is 1.68. The summed E-state index contributed by atoms with van der Waals surface area (Å²) in [5.74, 6) is 0.340.